The van der Waals surface area contributed by atoms with E-state index in [0.717, 1.165) is 0 Å². The molecule has 0 radical (unpaired) electrons. The van der Waals surface area contributed by atoms with Crippen LogP contribution in [-0.4, -0.2) is 131 Å². The first-order valence-electron chi connectivity index (χ1n) is 19.2. The summed E-state index contributed by atoms with van der Waals surface area (Å²) in [5, 5.41) is 33.4. The second kappa shape index (κ2) is 24.2. The summed E-state index contributed by atoms with van der Waals surface area (Å²) in [4.78, 5) is 105. The number of hydrogen-bond donors (Lipinski definition) is 10. The highest BCUT2D eigenvalue weighted by Crippen LogP contribution is 2.20. The number of carbonyl (C=O) groups excluding carboxylic acids is 7. The molecule has 1 heterocycles. The van der Waals surface area contributed by atoms with Gasteiger partial charge in [0.1, 0.15) is 36.3 Å². The molecule has 19 nitrogen and oxygen atoms in total. The smallest absolute Gasteiger partial charge is 0.328 e. The molecule has 1 rings (SSSR count). The lowest BCUT2D eigenvalue weighted by Gasteiger charge is -2.30. The average Bonchev–Trinajstić information content (AvgIpc) is 3.62. The molecule has 1 aliphatic heterocycles. The number of rotatable bonds is 24. The highest BCUT2D eigenvalue weighted by molar-refractivity contribution is 5.97. The predicted molar refractivity (Wildman–Crippen MR) is 202 cm³/mol. The summed E-state index contributed by atoms with van der Waals surface area (Å²) in [6, 6.07) is -7.73. The molecule has 0 aliphatic carbocycles. The minimum Gasteiger partial charge on any atom is -0.480 e. The number of aliphatic hydroxyl groups is 1. The van der Waals surface area contributed by atoms with Gasteiger partial charge in [0.2, 0.25) is 41.4 Å². The Morgan fingerprint density at radius 2 is 1.42 bits per heavy atom. The fourth-order valence-electron chi connectivity index (χ4n) is 6.00. The number of aliphatic hydroxyl groups excluding tert-OH is 1. The molecule has 0 unspecified atom stereocenters. The Morgan fingerprint density at radius 1 is 0.800 bits per heavy atom. The van der Waals surface area contributed by atoms with Crippen LogP contribution in [0.15, 0.2) is 0 Å². The topological polar surface area (TPSA) is 304 Å². The summed E-state index contributed by atoms with van der Waals surface area (Å²) < 4.78 is 0. The van der Waals surface area contributed by atoms with Crippen LogP contribution in [0.1, 0.15) is 93.4 Å². The van der Waals surface area contributed by atoms with Crippen molar-refractivity contribution >= 4 is 47.3 Å². The van der Waals surface area contributed by atoms with Gasteiger partial charge >= 0.3 is 5.97 Å². The van der Waals surface area contributed by atoms with Crippen molar-refractivity contribution < 1.29 is 48.6 Å². The van der Waals surface area contributed by atoms with E-state index < -0.39 is 109 Å². The molecule has 314 valence electrons. The third-order valence-corrected chi connectivity index (χ3v) is 9.49. The molecule has 1 aliphatic rings. The van der Waals surface area contributed by atoms with Crippen LogP contribution in [0.4, 0.5) is 0 Å². The standard InChI is InChI=1S/C36H65N9O10/c1-8-21(6)29(34(52)40-22(7)30(48)42-25(18-46)36(54)55)44-33(51)28(20(4)5)43-31(49)24(12-9-10-14-37)41-27(47)17-39-32(50)26-13-11-15-45(26)35(53)23(38)16-19(2)3/h19-26,28-29,46H,8-18,37-38H2,1-7H3,(H,39,50)(H,40,52)(H,41,47)(H,42,48)(H,43,49)(H,44,51)(H,54,55)/t21-,22-,23-,24-,25-,26-,28-,29-/m0/s1. The molecule has 0 aromatic rings. The number of amides is 7. The number of nitrogens with two attached hydrogens (primary N) is 2. The van der Waals surface area contributed by atoms with Crippen molar-refractivity contribution in [2.75, 3.05) is 26.2 Å². The van der Waals surface area contributed by atoms with Gasteiger partial charge < -0.3 is 58.5 Å². The van der Waals surface area contributed by atoms with Gasteiger partial charge in [0, 0.05) is 6.54 Å². The van der Waals surface area contributed by atoms with Crippen LogP contribution in [0, 0.1) is 17.8 Å². The molecule has 0 aromatic carbocycles. The zero-order chi connectivity index (χ0) is 42.0. The number of carboxylic acids is 1. The maximum Gasteiger partial charge on any atom is 0.328 e. The Bertz CT molecular complexity index is 1330. The minimum absolute atomic E-state index is 0.171. The molecule has 7 amide bonds. The maximum atomic E-state index is 13.6. The quantitative estimate of drug-likeness (QED) is 0.0468. The van der Waals surface area contributed by atoms with Gasteiger partial charge in [0.25, 0.3) is 0 Å². The summed E-state index contributed by atoms with van der Waals surface area (Å²) in [5.41, 5.74) is 11.7. The Kier molecular flexibility index (Phi) is 21.4. The lowest BCUT2D eigenvalue weighted by molar-refractivity contribution is -0.143. The van der Waals surface area contributed by atoms with E-state index in [1.807, 2.05) is 13.8 Å². The molecule has 55 heavy (non-hydrogen) atoms. The van der Waals surface area contributed by atoms with E-state index >= 15 is 0 Å². The van der Waals surface area contributed by atoms with Gasteiger partial charge in [-0.15, -0.1) is 0 Å². The number of aliphatic carboxylic acids is 1. The first-order chi connectivity index (χ1) is 25.8. The largest absolute Gasteiger partial charge is 0.480 e. The number of hydrogen-bond acceptors (Lipinski definition) is 11. The molecular formula is C36H65N9O10. The Labute approximate surface area is 323 Å². The number of carbonyl (C=O) groups is 8. The van der Waals surface area contributed by atoms with Gasteiger partial charge in [0.05, 0.1) is 19.2 Å². The van der Waals surface area contributed by atoms with Gasteiger partial charge in [-0.1, -0.05) is 48.0 Å². The number of nitrogens with one attached hydrogen (secondary N) is 6. The van der Waals surface area contributed by atoms with Crippen molar-refractivity contribution in [2.24, 2.45) is 29.2 Å². The summed E-state index contributed by atoms with van der Waals surface area (Å²) in [5.74, 6) is -6.65. The number of likely N-dealkylation sites (tertiary alicyclic amines) is 1. The molecular weight excluding hydrogens is 718 g/mol. The van der Waals surface area contributed by atoms with Crippen LogP contribution in [0.25, 0.3) is 0 Å². The number of unbranched alkanes of at least 4 members (excludes halogenated alkanes) is 1. The van der Waals surface area contributed by atoms with Crippen molar-refractivity contribution in [3.8, 4) is 0 Å². The van der Waals surface area contributed by atoms with Crippen molar-refractivity contribution in [1.29, 1.82) is 0 Å². The maximum absolute atomic E-state index is 13.6. The predicted octanol–water partition coefficient (Wildman–Crippen LogP) is -2.18. The van der Waals surface area contributed by atoms with Crippen molar-refractivity contribution in [1.82, 2.24) is 36.8 Å². The molecule has 1 saturated heterocycles. The third kappa shape index (κ3) is 16.1. The van der Waals surface area contributed by atoms with Gasteiger partial charge in [-0.05, 0) is 69.7 Å². The zero-order valence-corrected chi connectivity index (χ0v) is 33.3. The first kappa shape index (κ1) is 48.7. The molecule has 12 N–H and O–H groups in total. The van der Waals surface area contributed by atoms with Crippen LogP contribution < -0.4 is 43.4 Å². The normalized spacial score (nSPS) is 17.9. The second-order valence-electron chi connectivity index (χ2n) is 15.0. The SMILES string of the molecule is CC[C@H](C)[C@H](NC(=O)[C@@H](NC(=O)[C@H](CCCCN)NC(=O)CNC(=O)[C@@H]1CCCN1C(=O)[C@@H](N)CC(C)C)C(C)C)C(=O)N[C@@H](C)C(=O)N[C@@H](CO)C(=O)O. The van der Waals surface area contributed by atoms with E-state index in [-0.39, 0.29) is 18.2 Å². The highest BCUT2D eigenvalue weighted by atomic mass is 16.4. The first-order valence-corrected chi connectivity index (χ1v) is 19.2. The summed E-state index contributed by atoms with van der Waals surface area (Å²) in [6.07, 6.45) is 3.12. The monoisotopic (exact) mass is 783 g/mol. The minimum atomic E-state index is -1.57. The van der Waals surface area contributed by atoms with Gasteiger partial charge in [-0.3, -0.25) is 33.6 Å². The molecule has 1 fully saturated rings. The summed E-state index contributed by atoms with van der Waals surface area (Å²) in [6.45, 7) is 11.5. The number of carboxylic acid groups (broad SMARTS) is 1. The van der Waals surface area contributed by atoms with E-state index in [2.05, 4.69) is 31.9 Å². The molecule has 19 heteroatoms. The van der Waals surface area contributed by atoms with Crippen molar-refractivity contribution in [3.05, 3.63) is 0 Å². The Hall–Kier alpha value is -4.36. The van der Waals surface area contributed by atoms with E-state index in [9.17, 15) is 43.5 Å². The van der Waals surface area contributed by atoms with Crippen molar-refractivity contribution in [3.63, 3.8) is 0 Å². The van der Waals surface area contributed by atoms with Gasteiger partial charge in [-0.25, -0.2) is 4.79 Å². The lowest BCUT2D eigenvalue weighted by atomic mass is 9.96. The van der Waals surface area contributed by atoms with E-state index in [4.69, 9.17) is 16.6 Å². The highest BCUT2D eigenvalue weighted by Gasteiger charge is 2.37. The third-order valence-electron chi connectivity index (χ3n) is 9.49. The van der Waals surface area contributed by atoms with Gasteiger partial charge in [0.15, 0.2) is 0 Å². The molecule has 0 spiro atoms. The molecule has 0 aromatic heterocycles. The Morgan fingerprint density at radius 3 is 1.96 bits per heavy atom. The lowest BCUT2D eigenvalue weighted by Crippen LogP contribution is -2.61. The van der Waals surface area contributed by atoms with E-state index in [0.29, 0.717) is 51.6 Å². The average molecular weight is 784 g/mol. The zero-order valence-electron chi connectivity index (χ0n) is 33.3. The molecule has 8 atom stereocenters. The van der Waals surface area contributed by atoms with Crippen LogP contribution in [0.2, 0.25) is 0 Å². The molecule has 0 saturated carbocycles. The fraction of sp³-hybridized carbons (Fsp3) is 0.778. The van der Waals surface area contributed by atoms with Crippen LogP contribution in [-0.2, 0) is 38.4 Å². The van der Waals surface area contributed by atoms with E-state index in [1.165, 1.54) is 11.8 Å². The van der Waals surface area contributed by atoms with Gasteiger partial charge in [-0.2, -0.15) is 0 Å². The van der Waals surface area contributed by atoms with Crippen LogP contribution in [0.3, 0.4) is 0 Å². The fourth-order valence-corrected chi connectivity index (χ4v) is 6.00. The second-order valence-corrected chi connectivity index (χ2v) is 15.0. The van der Waals surface area contributed by atoms with Crippen molar-refractivity contribution in [2.45, 2.75) is 136 Å². The molecule has 0 bridgehead atoms. The van der Waals surface area contributed by atoms with Crippen LogP contribution in [0.5, 0.6) is 0 Å². The van der Waals surface area contributed by atoms with E-state index in [1.54, 1.807) is 27.7 Å². The summed E-state index contributed by atoms with van der Waals surface area (Å²) >= 11 is 0. The van der Waals surface area contributed by atoms with Crippen LogP contribution >= 0.6 is 0 Å². The Balaban J connectivity index is 3.02. The number of nitrogens with zero attached hydrogens (tertiary/aromatic N) is 1. The summed E-state index contributed by atoms with van der Waals surface area (Å²) in [7, 11) is 0.